The number of ether oxygens (including phenoxy) is 1. The number of benzene rings is 1. The van der Waals surface area contributed by atoms with Crippen molar-refractivity contribution in [1.29, 1.82) is 0 Å². The van der Waals surface area contributed by atoms with Crippen LogP contribution in [0.1, 0.15) is 19.3 Å². The standard InChI is InChI=1S/C14H14N2O5/c17-15(18)7-1-4-13(12(5-7)16(19)20)21-14-9-3-2-8(9)10-6-11(10)14/h1,4-5,8-11,14H,2-3,6H2/t8-,9+,10-,11+,14-/m0/s1. The number of rotatable bonds is 4. The molecule has 4 rings (SSSR count). The van der Waals surface area contributed by atoms with E-state index in [0.717, 1.165) is 30.7 Å². The van der Waals surface area contributed by atoms with Crippen LogP contribution in [0.5, 0.6) is 5.75 Å². The van der Waals surface area contributed by atoms with Gasteiger partial charge in [0.25, 0.3) is 5.69 Å². The zero-order chi connectivity index (χ0) is 14.7. The van der Waals surface area contributed by atoms with Crippen molar-refractivity contribution in [2.45, 2.75) is 25.4 Å². The van der Waals surface area contributed by atoms with Gasteiger partial charge in [0.05, 0.1) is 15.9 Å². The summed E-state index contributed by atoms with van der Waals surface area (Å²) in [5.41, 5.74) is -0.601. The molecule has 5 atom stereocenters. The number of hydrogen-bond donors (Lipinski definition) is 0. The molecule has 3 fully saturated rings. The Balaban J connectivity index is 1.62. The quantitative estimate of drug-likeness (QED) is 0.627. The molecule has 110 valence electrons. The molecular formula is C14H14N2O5. The van der Waals surface area contributed by atoms with Gasteiger partial charge >= 0.3 is 5.69 Å². The largest absolute Gasteiger partial charge is 0.483 e. The SMILES string of the molecule is O=[N+]([O-])c1ccc(O[C@H]2[C@@H]3CC[C@@H]3[C@@H]3C[C@H]32)c([N+](=O)[O-])c1. The van der Waals surface area contributed by atoms with Crippen LogP contribution in [0.4, 0.5) is 11.4 Å². The summed E-state index contributed by atoms with van der Waals surface area (Å²) in [7, 11) is 0. The third-order valence-corrected chi connectivity index (χ3v) is 5.28. The molecule has 0 amide bonds. The van der Waals surface area contributed by atoms with Gasteiger partial charge < -0.3 is 4.74 Å². The normalized spacial score (nSPS) is 35.3. The van der Waals surface area contributed by atoms with Crippen molar-refractivity contribution in [1.82, 2.24) is 0 Å². The molecule has 3 saturated carbocycles. The highest BCUT2D eigenvalue weighted by atomic mass is 16.6. The van der Waals surface area contributed by atoms with Gasteiger partial charge in [0.1, 0.15) is 6.10 Å². The Labute approximate surface area is 120 Å². The molecule has 0 aliphatic heterocycles. The molecule has 0 unspecified atom stereocenters. The highest BCUT2D eigenvalue weighted by molar-refractivity contribution is 5.53. The molecule has 1 aromatic carbocycles. The predicted octanol–water partition coefficient (Wildman–Crippen LogP) is 2.93. The van der Waals surface area contributed by atoms with E-state index in [1.807, 2.05) is 0 Å². The summed E-state index contributed by atoms with van der Waals surface area (Å²) in [6.07, 6.45) is 3.58. The molecule has 0 radical (unpaired) electrons. The van der Waals surface area contributed by atoms with Crippen molar-refractivity contribution in [3.8, 4) is 5.75 Å². The van der Waals surface area contributed by atoms with Crippen molar-refractivity contribution >= 4 is 11.4 Å². The fourth-order valence-electron chi connectivity index (χ4n) is 4.10. The maximum Gasteiger partial charge on any atom is 0.317 e. The summed E-state index contributed by atoms with van der Waals surface area (Å²) in [4.78, 5) is 20.6. The Kier molecular flexibility index (Phi) is 2.49. The van der Waals surface area contributed by atoms with Crippen molar-refractivity contribution < 1.29 is 14.6 Å². The summed E-state index contributed by atoms with van der Waals surface area (Å²) in [6.45, 7) is 0. The Morgan fingerprint density at radius 1 is 1.00 bits per heavy atom. The van der Waals surface area contributed by atoms with E-state index in [-0.39, 0.29) is 23.2 Å². The molecule has 0 aromatic heterocycles. The van der Waals surface area contributed by atoms with Gasteiger partial charge in [-0.25, -0.2) is 0 Å². The molecule has 7 heteroatoms. The smallest absolute Gasteiger partial charge is 0.317 e. The number of nitrogens with zero attached hydrogens (tertiary/aromatic N) is 2. The molecule has 3 aliphatic carbocycles. The van der Waals surface area contributed by atoms with Gasteiger partial charge in [-0.15, -0.1) is 0 Å². The molecule has 21 heavy (non-hydrogen) atoms. The van der Waals surface area contributed by atoms with E-state index >= 15 is 0 Å². The Hall–Kier alpha value is -2.18. The summed E-state index contributed by atoms with van der Waals surface area (Å²) in [6, 6.07) is 3.60. The van der Waals surface area contributed by atoms with Crippen LogP contribution in [0.15, 0.2) is 18.2 Å². The van der Waals surface area contributed by atoms with Crippen LogP contribution in [0.3, 0.4) is 0 Å². The first-order chi connectivity index (χ1) is 10.1. The molecule has 0 heterocycles. The summed E-state index contributed by atoms with van der Waals surface area (Å²) in [5.74, 6) is 2.68. The number of nitro groups is 2. The van der Waals surface area contributed by atoms with Crippen LogP contribution in [-0.2, 0) is 0 Å². The molecule has 0 bridgehead atoms. The van der Waals surface area contributed by atoms with Crippen molar-refractivity contribution in [2.24, 2.45) is 23.7 Å². The number of non-ortho nitro benzene ring substituents is 1. The van der Waals surface area contributed by atoms with Gasteiger partial charge in [-0.05, 0) is 49.0 Å². The first-order valence-electron chi connectivity index (χ1n) is 7.16. The van der Waals surface area contributed by atoms with Crippen LogP contribution < -0.4 is 4.74 Å². The molecular weight excluding hydrogens is 276 g/mol. The highest BCUT2D eigenvalue weighted by Gasteiger charge is 2.64. The lowest BCUT2D eigenvalue weighted by molar-refractivity contribution is -0.394. The van der Waals surface area contributed by atoms with Crippen LogP contribution >= 0.6 is 0 Å². The topological polar surface area (TPSA) is 95.5 Å². The lowest BCUT2D eigenvalue weighted by atomic mass is 9.72. The van der Waals surface area contributed by atoms with E-state index < -0.39 is 9.85 Å². The molecule has 3 aliphatic rings. The average Bonchev–Trinajstić information content (AvgIpc) is 3.12. The monoisotopic (exact) mass is 290 g/mol. The van der Waals surface area contributed by atoms with Gasteiger partial charge in [-0.3, -0.25) is 20.2 Å². The number of hydrogen-bond acceptors (Lipinski definition) is 5. The van der Waals surface area contributed by atoms with Gasteiger partial charge in [0, 0.05) is 6.07 Å². The predicted molar refractivity (Wildman–Crippen MR) is 72.0 cm³/mol. The second kappa shape index (κ2) is 4.16. The number of fused-ring (bicyclic) bond motifs is 3. The minimum Gasteiger partial charge on any atom is -0.483 e. The van der Waals surface area contributed by atoms with Crippen LogP contribution in [0.25, 0.3) is 0 Å². The van der Waals surface area contributed by atoms with E-state index in [0.29, 0.717) is 11.8 Å². The second-order valence-corrected chi connectivity index (χ2v) is 6.22. The fraction of sp³-hybridized carbons (Fsp3) is 0.571. The number of nitro benzene ring substituents is 2. The summed E-state index contributed by atoms with van der Waals surface area (Å²) < 4.78 is 5.93. The minimum atomic E-state index is -0.634. The third kappa shape index (κ3) is 1.80. The van der Waals surface area contributed by atoms with Crippen LogP contribution in [0.2, 0.25) is 0 Å². The lowest BCUT2D eigenvalue weighted by Gasteiger charge is -2.36. The first-order valence-corrected chi connectivity index (χ1v) is 7.16. The lowest BCUT2D eigenvalue weighted by Crippen LogP contribution is -2.35. The second-order valence-electron chi connectivity index (χ2n) is 6.22. The van der Waals surface area contributed by atoms with Crippen LogP contribution in [0, 0.1) is 43.9 Å². The molecule has 1 aromatic rings. The van der Waals surface area contributed by atoms with Crippen molar-refractivity contribution in [3.05, 3.63) is 38.4 Å². The van der Waals surface area contributed by atoms with Gasteiger partial charge in [-0.2, -0.15) is 0 Å². The van der Waals surface area contributed by atoms with E-state index in [2.05, 4.69) is 0 Å². The van der Waals surface area contributed by atoms with E-state index in [4.69, 9.17) is 4.74 Å². The van der Waals surface area contributed by atoms with Crippen molar-refractivity contribution in [3.63, 3.8) is 0 Å². The zero-order valence-electron chi connectivity index (χ0n) is 11.2. The maximum absolute atomic E-state index is 11.1. The molecule has 0 N–H and O–H groups in total. The Bertz CT molecular complexity index is 646. The van der Waals surface area contributed by atoms with E-state index in [1.165, 1.54) is 18.6 Å². The summed E-state index contributed by atoms with van der Waals surface area (Å²) in [5, 5.41) is 21.9. The zero-order valence-corrected chi connectivity index (χ0v) is 11.2. The van der Waals surface area contributed by atoms with Crippen LogP contribution in [-0.4, -0.2) is 16.0 Å². The third-order valence-electron chi connectivity index (χ3n) is 5.28. The van der Waals surface area contributed by atoms with Crippen molar-refractivity contribution in [2.75, 3.05) is 0 Å². The maximum atomic E-state index is 11.1. The molecule has 7 nitrogen and oxygen atoms in total. The highest BCUT2D eigenvalue weighted by Crippen LogP contribution is 2.66. The van der Waals surface area contributed by atoms with Gasteiger partial charge in [0.15, 0.2) is 5.75 Å². The Morgan fingerprint density at radius 2 is 1.76 bits per heavy atom. The van der Waals surface area contributed by atoms with E-state index in [9.17, 15) is 20.2 Å². The molecule has 0 saturated heterocycles. The minimum absolute atomic E-state index is 0.0499. The average molecular weight is 290 g/mol. The Morgan fingerprint density at radius 3 is 2.33 bits per heavy atom. The van der Waals surface area contributed by atoms with E-state index in [1.54, 1.807) is 0 Å². The van der Waals surface area contributed by atoms with Gasteiger partial charge in [0.2, 0.25) is 0 Å². The first kappa shape index (κ1) is 12.6. The van der Waals surface area contributed by atoms with Gasteiger partial charge in [-0.1, -0.05) is 0 Å². The summed E-state index contributed by atoms with van der Waals surface area (Å²) >= 11 is 0. The fourth-order valence-corrected chi connectivity index (χ4v) is 4.10. The molecule has 0 spiro atoms.